The van der Waals surface area contributed by atoms with Crippen LogP contribution in [-0.2, 0) is 11.2 Å². The van der Waals surface area contributed by atoms with E-state index in [1.54, 1.807) is 6.20 Å². The molecule has 3 aromatic heterocycles. The SMILES string of the molecule is O=C(Cc1csc(-c2ccccn2)n1)Nc1cc(C2CCCC2)nn1-c1ccccc1. The number of carbonyl (C=O) groups excluding carboxylic acids is 1. The van der Waals surface area contributed by atoms with Gasteiger partial charge in [0.2, 0.25) is 5.91 Å². The van der Waals surface area contributed by atoms with E-state index in [-0.39, 0.29) is 12.3 Å². The number of hydrogen-bond acceptors (Lipinski definition) is 5. The van der Waals surface area contributed by atoms with Crippen LogP contribution in [0.3, 0.4) is 0 Å². The lowest BCUT2D eigenvalue weighted by molar-refractivity contribution is -0.115. The van der Waals surface area contributed by atoms with Gasteiger partial charge >= 0.3 is 0 Å². The fourth-order valence-electron chi connectivity index (χ4n) is 4.02. The first-order chi connectivity index (χ1) is 15.3. The maximum absolute atomic E-state index is 12.8. The number of rotatable bonds is 6. The number of thiazole rings is 1. The molecular weight excluding hydrogens is 406 g/mol. The number of nitrogens with zero attached hydrogens (tertiary/aromatic N) is 4. The highest BCUT2D eigenvalue weighted by Gasteiger charge is 2.22. The van der Waals surface area contributed by atoms with Crippen LogP contribution in [0.4, 0.5) is 5.82 Å². The lowest BCUT2D eigenvalue weighted by atomic mass is 10.0. The van der Waals surface area contributed by atoms with Gasteiger partial charge < -0.3 is 5.32 Å². The second-order valence-electron chi connectivity index (χ2n) is 7.77. The summed E-state index contributed by atoms with van der Waals surface area (Å²) < 4.78 is 1.84. The molecule has 1 aliphatic rings. The minimum Gasteiger partial charge on any atom is -0.310 e. The average molecular weight is 430 g/mol. The molecule has 156 valence electrons. The molecule has 7 heteroatoms. The van der Waals surface area contributed by atoms with Gasteiger partial charge in [-0.2, -0.15) is 5.10 Å². The van der Waals surface area contributed by atoms with Gasteiger partial charge in [0.15, 0.2) is 0 Å². The second-order valence-corrected chi connectivity index (χ2v) is 8.63. The van der Waals surface area contributed by atoms with Gasteiger partial charge in [0.1, 0.15) is 10.8 Å². The lowest BCUT2D eigenvalue weighted by Crippen LogP contribution is -2.17. The van der Waals surface area contributed by atoms with E-state index >= 15 is 0 Å². The zero-order chi connectivity index (χ0) is 21.0. The van der Waals surface area contributed by atoms with E-state index in [0.29, 0.717) is 11.7 Å². The molecule has 0 spiro atoms. The van der Waals surface area contributed by atoms with Gasteiger partial charge in [0.05, 0.1) is 29.2 Å². The number of amides is 1. The zero-order valence-corrected chi connectivity index (χ0v) is 17.9. The summed E-state index contributed by atoms with van der Waals surface area (Å²) in [7, 11) is 0. The number of para-hydroxylation sites is 1. The zero-order valence-electron chi connectivity index (χ0n) is 17.1. The van der Waals surface area contributed by atoms with Crippen LogP contribution in [0.15, 0.2) is 66.2 Å². The Labute approximate surface area is 185 Å². The summed E-state index contributed by atoms with van der Waals surface area (Å²) in [5.74, 6) is 1.08. The Morgan fingerprint density at radius 3 is 2.68 bits per heavy atom. The first-order valence-electron chi connectivity index (χ1n) is 10.6. The lowest BCUT2D eigenvalue weighted by Gasteiger charge is -2.08. The molecule has 0 saturated heterocycles. The van der Waals surface area contributed by atoms with Crippen LogP contribution in [0, 0.1) is 0 Å². The summed E-state index contributed by atoms with van der Waals surface area (Å²) in [5, 5.41) is 10.6. The topological polar surface area (TPSA) is 72.7 Å². The third-order valence-electron chi connectivity index (χ3n) is 5.55. The average Bonchev–Trinajstić information content (AvgIpc) is 3.56. The minimum atomic E-state index is -0.104. The Morgan fingerprint density at radius 1 is 1.10 bits per heavy atom. The molecule has 1 fully saturated rings. The summed E-state index contributed by atoms with van der Waals surface area (Å²) in [6, 6.07) is 17.7. The van der Waals surface area contributed by atoms with E-state index in [0.717, 1.165) is 40.6 Å². The van der Waals surface area contributed by atoms with Crippen LogP contribution in [-0.4, -0.2) is 25.7 Å². The number of aromatic nitrogens is 4. The Kier molecular flexibility index (Phi) is 5.58. The van der Waals surface area contributed by atoms with Gasteiger partial charge in [-0.05, 0) is 37.1 Å². The van der Waals surface area contributed by atoms with Crippen LogP contribution < -0.4 is 5.32 Å². The predicted molar refractivity (Wildman–Crippen MR) is 122 cm³/mol. The fraction of sp³-hybridized carbons (Fsp3) is 0.250. The quantitative estimate of drug-likeness (QED) is 0.455. The molecule has 0 aliphatic heterocycles. The normalized spacial score (nSPS) is 14.1. The number of anilines is 1. The predicted octanol–water partition coefficient (Wildman–Crippen LogP) is 5.23. The highest BCUT2D eigenvalue weighted by atomic mass is 32.1. The maximum Gasteiger partial charge on any atom is 0.231 e. The minimum absolute atomic E-state index is 0.104. The molecule has 1 aromatic carbocycles. The fourth-order valence-corrected chi connectivity index (χ4v) is 4.82. The van der Waals surface area contributed by atoms with Crippen molar-refractivity contribution in [3.05, 3.63) is 77.6 Å². The van der Waals surface area contributed by atoms with Crippen LogP contribution in [0.5, 0.6) is 0 Å². The van der Waals surface area contributed by atoms with Crippen LogP contribution in [0.25, 0.3) is 16.4 Å². The molecule has 5 rings (SSSR count). The number of carbonyl (C=O) groups is 1. The Bertz CT molecular complexity index is 1160. The molecule has 1 N–H and O–H groups in total. The van der Waals surface area contributed by atoms with E-state index in [9.17, 15) is 4.79 Å². The molecular formula is C24H23N5OS. The standard InChI is InChI=1S/C24H23N5OS/c30-23(14-18-16-31-24(26-18)20-12-6-7-13-25-20)27-22-15-21(17-8-4-5-9-17)28-29(22)19-10-2-1-3-11-19/h1-3,6-7,10-13,15-17H,4-5,8-9,14H2,(H,27,30). The van der Waals surface area contributed by atoms with Crippen molar-refractivity contribution in [3.63, 3.8) is 0 Å². The summed E-state index contributed by atoms with van der Waals surface area (Å²) in [6.45, 7) is 0. The van der Waals surface area contributed by atoms with Crippen molar-refractivity contribution in [1.29, 1.82) is 0 Å². The summed E-state index contributed by atoms with van der Waals surface area (Å²) >= 11 is 1.50. The smallest absolute Gasteiger partial charge is 0.231 e. The van der Waals surface area contributed by atoms with Crippen molar-refractivity contribution in [2.45, 2.75) is 38.0 Å². The molecule has 0 radical (unpaired) electrons. The van der Waals surface area contributed by atoms with Gasteiger partial charge in [-0.25, -0.2) is 9.67 Å². The first-order valence-corrected chi connectivity index (χ1v) is 11.5. The van der Waals surface area contributed by atoms with Crippen molar-refractivity contribution < 1.29 is 4.79 Å². The molecule has 6 nitrogen and oxygen atoms in total. The van der Waals surface area contributed by atoms with E-state index in [1.807, 2.05) is 64.7 Å². The molecule has 0 atom stereocenters. The highest BCUT2D eigenvalue weighted by molar-refractivity contribution is 7.13. The van der Waals surface area contributed by atoms with E-state index < -0.39 is 0 Å². The number of nitrogens with one attached hydrogen (secondary N) is 1. The van der Waals surface area contributed by atoms with Crippen LogP contribution >= 0.6 is 11.3 Å². The van der Waals surface area contributed by atoms with Crippen molar-refractivity contribution >= 4 is 23.1 Å². The van der Waals surface area contributed by atoms with Gasteiger partial charge in [-0.1, -0.05) is 37.1 Å². The van der Waals surface area contributed by atoms with Gasteiger partial charge in [-0.3, -0.25) is 9.78 Å². The monoisotopic (exact) mass is 429 g/mol. The molecule has 1 amide bonds. The number of pyridine rings is 1. The maximum atomic E-state index is 12.8. The Morgan fingerprint density at radius 2 is 1.90 bits per heavy atom. The largest absolute Gasteiger partial charge is 0.310 e. The summed E-state index contributed by atoms with van der Waals surface area (Å²) in [6.07, 6.45) is 6.76. The molecule has 1 aliphatic carbocycles. The molecule has 4 aromatic rings. The van der Waals surface area contributed by atoms with Crippen molar-refractivity contribution in [2.75, 3.05) is 5.32 Å². The van der Waals surface area contributed by atoms with Crippen molar-refractivity contribution in [3.8, 4) is 16.4 Å². The Hall–Kier alpha value is -3.32. The van der Waals surface area contributed by atoms with Crippen molar-refractivity contribution in [2.24, 2.45) is 0 Å². The van der Waals surface area contributed by atoms with E-state index in [2.05, 4.69) is 15.3 Å². The second kappa shape index (κ2) is 8.81. The Balaban J connectivity index is 1.35. The number of benzene rings is 1. The van der Waals surface area contributed by atoms with Crippen LogP contribution in [0.2, 0.25) is 0 Å². The third kappa shape index (κ3) is 4.41. The molecule has 0 bridgehead atoms. The molecule has 31 heavy (non-hydrogen) atoms. The number of hydrogen-bond donors (Lipinski definition) is 1. The third-order valence-corrected chi connectivity index (χ3v) is 6.46. The van der Waals surface area contributed by atoms with Crippen LogP contribution in [0.1, 0.15) is 43.0 Å². The molecule has 0 unspecified atom stereocenters. The van der Waals surface area contributed by atoms with Gasteiger partial charge in [0, 0.05) is 23.6 Å². The molecule has 1 saturated carbocycles. The highest BCUT2D eigenvalue weighted by Crippen LogP contribution is 2.35. The summed E-state index contributed by atoms with van der Waals surface area (Å²) in [5.41, 5.74) is 3.56. The van der Waals surface area contributed by atoms with E-state index in [4.69, 9.17) is 5.10 Å². The first kappa shape index (κ1) is 19.6. The van der Waals surface area contributed by atoms with E-state index in [1.165, 1.54) is 24.2 Å². The van der Waals surface area contributed by atoms with Gasteiger partial charge in [-0.15, -0.1) is 11.3 Å². The summed E-state index contributed by atoms with van der Waals surface area (Å²) in [4.78, 5) is 21.8. The van der Waals surface area contributed by atoms with Crippen molar-refractivity contribution in [1.82, 2.24) is 19.7 Å². The van der Waals surface area contributed by atoms with Gasteiger partial charge in [0.25, 0.3) is 0 Å². The molecule has 3 heterocycles.